The minimum Gasteiger partial charge on any atom is -0.477 e. The first-order valence-electron chi connectivity index (χ1n) is 5.18. The average Bonchev–Trinajstić information content (AvgIpc) is 2.30. The highest BCUT2D eigenvalue weighted by atomic mass is 19.4. The molecule has 0 bridgehead atoms. The van der Waals surface area contributed by atoms with E-state index in [1.54, 1.807) is 0 Å². The summed E-state index contributed by atoms with van der Waals surface area (Å²) in [6.45, 7) is -1.54. The average molecular weight is 290 g/mol. The van der Waals surface area contributed by atoms with Gasteiger partial charge in [-0.3, -0.25) is 4.79 Å². The molecule has 2 heterocycles. The number of nitrogens with zero attached hydrogens (tertiary/aromatic N) is 2. The molecule has 0 saturated heterocycles. The Kier molecular flexibility index (Phi) is 3.20. The zero-order valence-electron chi connectivity index (χ0n) is 9.61. The van der Waals surface area contributed by atoms with E-state index in [2.05, 4.69) is 4.98 Å². The van der Waals surface area contributed by atoms with Crippen LogP contribution in [0.25, 0.3) is 11.0 Å². The Balaban J connectivity index is 2.83. The van der Waals surface area contributed by atoms with E-state index in [1.165, 1.54) is 0 Å². The van der Waals surface area contributed by atoms with Gasteiger partial charge >= 0.3 is 12.1 Å². The molecule has 2 aromatic heterocycles. The fraction of sp³-hybridized carbons (Fsp3) is 0.182. The molecule has 106 valence electrons. The predicted octanol–water partition coefficient (Wildman–Crippen LogP) is 1.80. The van der Waals surface area contributed by atoms with Crippen molar-refractivity contribution in [2.75, 3.05) is 0 Å². The van der Waals surface area contributed by atoms with Crippen LogP contribution >= 0.6 is 0 Å². The van der Waals surface area contributed by atoms with Crippen molar-refractivity contribution in [1.29, 1.82) is 0 Å². The van der Waals surface area contributed by atoms with E-state index in [9.17, 15) is 27.2 Å². The Hall–Kier alpha value is -2.45. The molecule has 20 heavy (non-hydrogen) atoms. The lowest BCUT2D eigenvalue weighted by Crippen LogP contribution is -2.24. The van der Waals surface area contributed by atoms with Crippen LogP contribution in [0.5, 0.6) is 0 Å². The van der Waals surface area contributed by atoms with Gasteiger partial charge in [0.05, 0.1) is 11.6 Å². The molecule has 0 radical (unpaired) electrons. The molecule has 0 unspecified atom stereocenters. The Bertz CT molecular complexity index is 752. The van der Waals surface area contributed by atoms with Gasteiger partial charge in [0.1, 0.15) is 23.6 Å². The predicted molar refractivity (Wildman–Crippen MR) is 59.0 cm³/mol. The molecule has 2 rings (SSSR count). The molecule has 0 fully saturated rings. The maximum Gasteiger partial charge on any atom is 0.406 e. The van der Waals surface area contributed by atoms with E-state index in [4.69, 9.17) is 5.11 Å². The van der Waals surface area contributed by atoms with Gasteiger partial charge in [0.15, 0.2) is 0 Å². The summed E-state index contributed by atoms with van der Waals surface area (Å²) in [5.41, 5.74) is -2.40. The Morgan fingerprint density at radius 3 is 2.60 bits per heavy atom. The third-order valence-electron chi connectivity index (χ3n) is 2.46. The topological polar surface area (TPSA) is 72.2 Å². The van der Waals surface area contributed by atoms with E-state index in [1.807, 2.05) is 0 Å². The molecule has 0 aliphatic rings. The van der Waals surface area contributed by atoms with Crippen LogP contribution in [0.1, 0.15) is 10.4 Å². The quantitative estimate of drug-likeness (QED) is 0.856. The van der Waals surface area contributed by atoms with Crippen molar-refractivity contribution in [3.05, 3.63) is 40.1 Å². The molecule has 0 amide bonds. The molecule has 0 spiro atoms. The Morgan fingerprint density at radius 1 is 1.40 bits per heavy atom. The van der Waals surface area contributed by atoms with Crippen molar-refractivity contribution in [1.82, 2.24) is 9.55 Å². The van der Waals surface area contributed by atoms with Crippen molar-refractivity contribution in [2.24, 2.45) is 0 Å². The van der Waals surface area contributed by atoms with Crippen LogP contribution in [0.2, 0.25) is 0 Å². The SMILES string of the molecule is O=C(O)c1cn(CC(F)(F)F)c2ncc(F)cc2c1=O. The number of aromatic carboxylic acids is 1. The zero-order valence-corrected chi connectivity index (χ0v) is 9.61. The molecule has 2 aromatic rings. The van der Waals surface area contributed by atoms with Crippen molar-refractivity contribution in [3.8, 4) is 0 Å². The van der Waals surface area contributed by atoms with Crippen LogP contribution in [-0.2, 0) is 6.54 Å². The number of fused-ring (bicyclic) bond motifs is 1. The van der Waals surface area contributed by atoms with Gasteiger partial charge in [0.2, 0.25) is 5.43 Å². The van der Waals surface area contributed by atoms with Crippen LogP contribution in [0, 0.1) is 5.82 Å². The molecule has 5 nitrogen and oxygen atoms in total. The smallest absolute Gasteiger partial charge is 0.406 e. The maximum atomic E-state index is 13.0. The molecule has 9 heteroatoms. The lowest BCUT2D eigenvalue weighted by molar-refractivity contribution is -0.140. The minimum absolute atomic E-state index is 0.432. The Morgan fingerprint density at radius 2 is 2.05 bits per heavy atom. The number of alkyl halides is 3. The van der Waals surface area contributed by atoms with Gasteiger partial charge in [-0.1, -0.05) is 0 Å². The number of carboxylic acids is 1. The van der Waals surface area contributed by atoms with Gasteiger partial charge in [-0.05, 0) is 6.07 Å². The molecule has 1 N–H and O–H groups in total. The second-order valence-electron chi connectivity index (χ2n) is 3.94. The number of hydrogen-bond donors (Lipinski definition) is 1. The third kappa shape index (κ3) is 2.60. The highest BCUT2D eigenvalue weighted by Gasteiger charge is 2.29. The van der Waals surface area contributed by atoms with E-state index in [0.29, 0.717) is 23.0 Å². The number of carboxylic acid groups (broad SMARTS) is 1. The number of pyridine rings is 2. The second kappa shape index (κ2) is 4.58. The van der Waals surface area contributed by atoms with Crippen molar-refractivity contribution >= 4 is 17.0 Å². The summed E-state index contributed by atoms with van der Waals surface area (Å²) >= 11 is 0. The van der Waals surface area contributed by atoms with Crippen LogP contribution in [0.15, 0.2) is 23.3 Å². The summed E-state index contributed by atoms with van der Waals surface area (Å²) in [6, 6.07) is 0.657. The summed E-state index contributed by atoms with van der Waals surface area (Å²) in [7, 11) is 0. The van der Waals surface area contributed by atoms with E-state index in [0.717, 1.165) is 0 Å². The lowest BCUT2D eigenvalue weighted by Gasteiger charge is -2.13. The van der Waals surface area contributed by atoms with Crippen LogP contribution < -0.4 is 5.43 Å². The van der Waals surface area contributed by atoms with Crippen molar-refractivity contribution in [3.63, 3.8) is 0 Å². The summed E-state index contributed by atoms with van der Waals surface area (Å²) in [4.78, 5) is 26.0. The number of halogens is 4. The largest absolute Gasteiger partial charge is 0.477 e. The first-order chi connectivity index (χ1) is 9.19. The summed E-state index contributed by atoms with van der Waals surface area (Å²) in [5.74, 6) is -2.65. The minimum atomic E-state index is -4.65. The zero-order chi connectivity index (χ0) is 15.1. The number of aromatic nitrogens is 2. The first-order valence-corrected chi connectivity index (χ1v) is 5.18. The highest BCUT2D eigenvalue weighted by Crippen LogP contribution is 2.20. The van der Waals surface area contributed by atoms with Crippen LogP contribution in [0.3, 0.4) is 0 Å². The standard InChI is InChI=1S/C11H6F4N2O3/c12-5-1-6-8(18)7(10(19)20)3-17(4-11(13,14)15)9(6)16-2-5/h1-3H,4H2,(H,19,20). The number of carbonyl (C=O) groups is 1. The molecule has 0 aliphatic carbocycles. The van der Waals surface area contributed by atoms with E-state index < -0.39 is 46.5 Å². The fourth-order valence-electron chi connectivity index (χ4n) is 1.71. The molecule has 0 atom stereocenters. The lowest BCUT2D eigenvalue weighted by atomic mass is 10.2. The molecule has 0 aromatic carbocycles. The van der Waals surface area contributed by atoms with Gasteiger partial charge in [-0.2, -0.15) is 13.2 Å². The van der Waals surface area contributed by atoms with Crippen LogP contribution in [0.4, 0.5) is 17.6 Å². The summed E-state index contributed by atoms with van der Waals surface area (Å²) in [5, 5.41) is 8.29. The van der Waals surface area contributed by atoms with Crippen molar-refractivity contribution < 1.29 is 27.5 Å². The maximum absolute atomic E-state index is 13.0. The van der Waals surface area contributed by atoms with Gasteiger partial charge in [-0.25, -0.2) is 14.2 Å². The third-order valence-corrected chi connectivity index (χ3v) is 2.46. The number of rotatable bonds is 2. The Labute approximate surface area is 108 Å². The molecule has 0 aliphatic heterocycles. The summed E-state index contributed by atoms with van der Waals surface area (Å²) < 4.78 is 50.8. The van der Waals surface area contributed by atoms with Gasteiger partial charge in [-0.15, -0.1) is 0 Å². The molecular weight excluding hydrogens is 284 g/mol. The first kappa shape index (κ1) is 14.0. The molecule has 0 saturated carbocycles. The monoisotopic (exact) mass is 290 g/mol. The van der Waals surface area contributed by atoms with Crippen LogP contribution in [-0.4, -0.2) is 26.8 Å². The highest BCUT2D eigenvalue weighted by molar-refractivity contribution is 5.91. The summed E-state index contributed by atoms with van der Waals surface area (Å²) in [6.07, 6.45) is -3.45. The van der Waals surface area contributed by atoms with Gasteiger partial charge in [0.25, 0.3) is 0 Å². The fourth-order valence-corrected chi connectivity index (χ4v) is 1.71. The second-order valence-corrected chi connectivity index (χ2v) is 3.94. The normalized spacial score (nSPS) is 11.8. The van der Waals surface area contributed by atoms with Gasteiger partial charge < -0.3 is 9.67 Å². The van der Waals surface area contributed by atoms with E-state index in [-0.39, 0.29) is 0 Å². The van der Waals surface area contributed by atoms with Gasteiger partial charge in [0, 0.05) is 6.20 Å². The van der Waals surface area contributed by atoms with Crippen molar-refractivity contribution in [2.45, 2.75) is 12.7 Å². The van der Waals surface area contributed by atoms with E-state index >= 15 is 0 Å². The molecular formula is C11H6F4N2O3. The number of hydrogen-bond acceptors (Lipinski definition) is 3.